The lowest BCUT2D eigenvalue weighted by Crippen LogP contribution is -2.52. The minimum atomic E-state index is -1.14. The number of carbonyl (C=O) groups excluding carboxylic acids is 2. The maximum atomic E-state index is 12.8. The Labute approximate surface area is 192 Å². The molecule has 0 bridgehead atoms. The van der Waals surface area contributed by atoms with Crippen molar-refractivity contribution in [3.05, 3.63) is 59.7 Å². The Morgan fingerprint density at radius 2 is 1.73 bits per heavy atom. The normalized spacial score (nSPS) is 12.4. The van der Waals surface area contributed by atoms with Crippen LogP contribution in [0.2, 0.25) is 0 Å². The van der Waals surface area contributed by atoms with Crippen LogP contribution >= 0.6 is 0 Å². The van der Waals surface area contributed by atoms with Crippen molar-refractivity contribution in [2.45, 2.75) is 37.8 Å². The zero-order chi connectivity index (χ0) is 24.2. The SMILES string of the molecule is COC(=O)C(Cc1ccccc1)NC(=O)C(CC(=O)O)NCCCc1ccc(OC)c(O)c1. The highest BCUT2D eigenvalue weighted by molar-refractivity contribution is 5.90. The van der Waals surface area contributed by atoms with Crippen LogP contribution in [0, 0.1) is 0 Å². The molecule has 9 nitrogen and oxygen atoms in total. The predicted octanol–water partition coefficient (Wildman–Crippen LogP) is 1.67. The van der Waals surface area contributed by atoms with E-state index in [2.05, 4.69) is 10.6 Å². The molecule has 0 aliphatic carbocycles. The molecule has 0 spiro atoms. The Hall–Kier alpha value is -3.59. The van der Waals surface area contributed by atoms with Gasteiger partial charge in [-0.25, -0.2) is 4.79 Å². The van der Waals surface area contributed by atoms with E-state index in [4.69, 9.17) is 9.47 Å². The summed E-state index contributed by atoms with van der Waals surface area (Å²) in [4.78, 5) is 36.3. The first-order valence-corrected chi connectivity index (χ1v) is 10.6. The zero-order valence-corrected chi connectivity index (χ0v) is 18.7. The van der Waals surface area contributed by atoms with Crippen LogP contribution in [0.5, 0.6) is 11.5 Å². The third-order valence-electron chi connectivity index (χ3n) is 5.06. The van der Waals surface area contributed by atoms with Crippen LogP contribution in [0.4, 0.5) is 0 Å². The number of phenolic OH excluding ortho intramolecular Hbond substituents is 1. The molecule has 1 amide bonds. The van der Waals surface area contributed by atoms with Gasteiger partial charge in [0.25, 0.3) is 0 Å². The molecule has 0 saturated carbocycles. The van der Waals surface area contributed by atoms with Crippen molar-refractivity contribution in [2.75, 3.05) is 20.8 Å². The number of amides is 1. The number of methoxy groups -OCH3 is 2. The lowest BCUT2D eigenvalue weighted by atomic mass is 10.0. The summed E-state index contributed by atoms with van der Waals surface area (Å²) in [5.74, 6) is -1.92. The number of hydrogen-bond acceptors (Lipinski definition) is 7. The summed E-state index contributed by atoms with van der Waals surface area (Å²) in [5.41, 5.74) is 1.71. The molecule has 0 heterocycles. The van der Waals surface area contributed by atoms with Gasteiger partial charge in [0.1, 0.15) is 6.04 Å². The molecule has 2 atom stereocenters. The largest absolute Gasteiger partial charge is 0.504 e. The van der Waals surface area contributed by atoms with E-state index in [0.29, 0.717) is 25.1 Å². The second-order valence-corrected chi connectivity index (χ2v) is 7.49. The molecule has 0 saturated heterocycles. The van der Waals surface area contributed by atoms with E-state index in [0.717, 1.165) is 11.1 Å². The number of esters is 1. The Morgan fingerprint density at radius 1 is 1.00 bits per heavy atom. The summed E-state index contributed by atoms with van der Waals surface area (Å²) < 4.78 is 9.82. The molecule has 0 aromatic heterocycles. The number of ether oxygens (including phenoxy) is 2. The first-order chi connectivity index (χ1) is 15.8. The molecule has 0 fully saturated rings. The van der Waals surface area contributed by atoms with Crippen LogP contribution in [0.15, 0.2) is 48.5 Å². The summed E-state index contributed by atoms with van der Waals surface area (Å²) in [6.07, 6.45) is 0.985. The van der Waals surface area contributed by atoms with Crippen LogP contribution in [-0.2, 0) is 32.0 Å². The van der Waals surface area contributed by atoms with Crippen molar-refractivity contribution in [2.24, 2.45) is 0 Å². The zero-order valence-electron chi connectivity index (χ0n) is 18.7. The number of nitrogens with one attached hydrogen (secondary N) is 2. The van der Waals surface area contributed by atoms with Crippen molar-refractivity contribution in [3.63, 3.8) is 0 Å². The second kappa shape index (κ2) is 13.1. The van der Waals surface area contributed by atoms with Crippen molar-refractivity contribution < 1.29 is 34.1 Å². The lowest BCUT2D eigenvalue weighted by molar-refractivity contribution is -0.145. The van der Waals surface area contributed by atoms with Gasteiger partial charge < -0.3 is 30.3 Å². The molecular weight excluding hydrogens is 428 g/mol. The minimum absolute atomic E-state index is 0.0401. The van der Waals surface area contributed by atoms with Gasteiger partial charge in [-0.2, -0.15) is 0 Å². The average molecular weight is 459 g/mol. The molecule has 0 aliphatic heterocycles. The van der Waals surface area contributed by atoms with Gasteiger partial charge in [0.05, 0.1) is 26.7 Å². The molecular formula is C24H30N2O7. The number of hydrogen-bond donors (Lipinski definition) is 4. The molecule has 9 heteroatoms. The molecule has 4 N–H and O–H groups in total. The smallest absolute Gasteiger partial charge is 0.328 e. The summed E-state index contributed by atoms with van der Waals surface area (Å²) in [5, 5.41) is 24.7. The highest BCUT2D eigenvalue weighted by Crippen LogP contribution is 2.26. The summed E-state index contributed by atoms with van der Waals surface area (Å²) in [7, 11) is 2.70. The number of carboxylic acids is 1. The Kier molecular flexibility index (Phi) is 10.2. The maximum absolute atomic E-state index is 12.8. The molecule has 0 radical (unpaired) electrons. The van der Waals surface area contributed by atoms with E-state index in [-0.39, 0.29) is 12.2 Å². The van der Waals surface area contributed by atoms with Crippen molar-refractivity contribution >= 4 is 17.8 Å². The molecule has 2 rings (SSSR count). The fourth-order valence-corrected chi connectivity index (χ4v) is 3.35. The van der Waals surface area contributed by atoms with Gasteiger partial charge in [0.2, 0.25) is 5.91 Å². The number of rotatable bonds is 13. The number of aromatic hydroxyl groups is 1. The van der Waals surface area contributed by atoms with Crippen LogP contribution < -0.4 is 15.4 Å². The number of phenols is 1. The summed E-state index contributed by atoms with van der Waals surface area (Å²) in [6.45, 7) is 0.361. The average Bonchev–Trinajstić information content (AvgIpc) is 2.80. The number of carbonyl (C=O) groups is 3. The van der Waals surface area contributed by atoms with Crippen LogP contribution in [0.3, 0.4) is 0 Å². The second-order valence-electron chi connectivity index (χ2n) is 7.49. The predicted molar refractivity (Wildman–Crippen MR) is 121 cm³/mol. The number of aliphatic carboxylic acids is 1. The van der Waals surface area contributed by atoms with E-state index in [9.17, 15) is 24.6 Å². The van der Waals surface area contributed by atoms with Crippen LogP contribution in [0.25, 0.3) is 0 Å². The quantitative estimate of drug-likeness (QED) is 0.263. The third-order valence-corrected chi connectivity index (χ3v) is 5.06. The van der Waals surface area contributed by atoms with Gasteiger partial charge in [-0.1, -0.05) is 36.4 Å². The molecule has 2 unspecified atom stereocenters. The molecule has 33 heavy (non-hydrogen) atoms. The van der Waals surface area contributed by atoms with E-state index in [1.54, 1.807) is 12.1 Å². The number of carboxylic acid groups (broad SMARTS) is 1. The highest BCUT2D eigenvalue weighted by atomic mass is 16.5. The Bertz CT molecular complexity index is 934. The number of aryl methyl sites for hydroxylation is 1. The third kappa shape index (κ3) is 8.46. The van der Waals surface area contributed by atoms with E-state index < -0.39 is 36.4 Å². The standard InChI is InChI=1S/C24H30N2O7/c1-32-21-11-10-17(14-20(21)27)9-6-12-25-18(15-22(28)29)23(30)26-19(24(31)33-2)13-16-7-4-3-5-8-16/h3-5,7-8,10-11,14,18-19,25,27H,6,9,12-13,15H2,1-2H3,(H,26,30)(H,28,29). The molecule has 2 aromatic carbocycles. The van der Waals surface area contributed by atoms with Crippen molar-refractivity contribution in [1.29, 1.82) is 0 Å². The van der Waals surface area contributed by atoms with Gasteiger partial charge >= 0.3 is 11.9 Å². The van der Waals surface area contributed by atoms with E-state index in [1.807, 2.05) is 36.4 Å². The first kappa shape index (κ1) is 25.7. The lowest BCUT2D eigenvalue weighted by Gasteiger charge is -2.21. The van der Waals surface area contributed by atoms with Gasteiger partial charge in [0, 0.05) is 6.42 Å². The van der Waals surface area contributed by atoms with Crippen molar-refractivity contribution in [1.82, 2.24) is 10.6 Å². The Balaban J connectivity index is 1.95. The topological polar surface area (TPSA) is 134 Å². The highest BCUT2D eigenvalue weighted by Gasteiger charge is 2.27. The number of benzene rings is 2. The summed E-state index contributed by atoms with van der Waals surface area (Å²) >= 11 is 0. The monoisotopic (exact) mass is 458 g/mol. The van der Waals surface area contributed by atoms with Crippen molar-refractivity contribution in [3.8, 4) is 11.5 Å². The first-order valence-electron chi connectivity index (χ1n) is 10.6. The summed E-state index contributed by atoms with van der Waals surface area (Å²) in [6, 6.07) is 12.3. The van der Waals surface area contributed by atoms with Gasteiger partial charge in [-0.3, -0.25) is 9.59 Å². The van der Waals surface area contributed by atoms with E-state index >= 15 is 0 Å². The molecule has 178 valence electrons. The van der Waals surface area contributed by atoms with Crippen LogP contribution in [-0.4, -0.2) is 60.9 Å². The Morgan fingerprint density at radius 3 is 2.33 bits per heavy atom. The van der Waals surface area contributed by atoms with E-state index in [1.165, 1.54) is 14.2 Å². The van der Waals surface area contributed by atoms with Gasteiger partial charge in [0.15, 0.2) is 11.5 Å². The van der Waals surface area contributed by atoms with Crippen LogP contribution in [0.1, 0.15) is 24.0 Å². The maximum Gasteiger partial charge on any atom is 0.328 e. The minimum Gasteiger partial charge on any atom is -0.504 e. The molecule has 0 aliphatic rings. The van der Waals surface area contributed by atoms with Gasteiger partial charge in [-0.15, -0.1) is 0 Å². The molecule has 2 aromatic rings. The fraction of sp³-hybridized carbons (Fsp3) is 0.375. The fourth-order valence-electron chi connectivity index (χ4n) is 3.35. The van der Waals surface area contributed by atoms with Gasteiger partial charge in [-0.05, 0) is 42.6 Å².